The Kier molecular flexibility index (Phi) is 6.43. The van der Waals surface area contributed by atoms with Crippen molar-refractivity contribution >= 4 is 52.3 Å². The quantitative estimate of drug-likeness (QED) is 0.392. The van der Waals surface area contributed by atoms with Crippen molar-refractivity contribution in [2.75, 3.05) is 0 Å². The lowest BCUT2D eigenvalue weighted by Gasteiger charge is -2.19. The second-order valence-corrected chi connectivity index (χ2v) is 7.38. The molecule has 3 aromatic rings. The van der Waals surface area contributed by atoms with E-state index < -0.39 is 11.9 Å². The van der Waals surface area contributed by atoms with Crippen LogP contribution < -0.4 is 5.11 Å². The molecule has 4 nitrogen and oxygen atoms in total. The van der Waals surface area contributed by atoms with Crippen LogP contribution in [0.25, 0.3) is 0 Å². The van der Waals surface area contributed by atoms with Crippen LogP contribution in [0.4, 0.5) is 0 Å². The molecule has 1 unspecified atom stereocenters. The molecule has 28 heavy (non-hydrogen) atoms. The predicted molar refractivity (Wildman–Crippen MR) is 110 cm³/mol. The lowest BCUT2D eigenvalue weighted by Crippen LogP contribution is -2.21. The van der Waals surface area contributed by atoms with E-state index >= 15 is 0 Å². The number of aliphatic imine (C=N–C) groups is 1. The summed E-state index contributed by atoms with van der Waals surface area (Å²) in [5.41, 5.74) is 1.68. The van der Waals surface area contributed by atoms with E-state index in [1.165, 1.54) is 24.4 Å². The lowest BCUT2D eigenvalue weighted by molar-refractivity contribution is -0.213. The highest BCUT2D eigenvalue weighted by Crippen LogP contribution is 2.31. The molecule has 0 saturated carbocycles. The van der Waals surface area contributed by atoms with Crippen LogP contribution in [0, 0.1) is 11.3 Å². The van der Waals surface area contributed by atoms with Gasteiger partial charge in [-0.15, -0.1) is 0 Å². The molecule has 0 radical (unpaired) electrons. The standard InChI is InChI=1S/C20H11Cl4N3O/c21-14-4-6-18(26-10-14)19(11-3-5-15(22)17(24)7-11)27-20(28)12-1-2-13(9-25)16(23)8-12/h1-8,10,19H,(H,27,28)/p-1. The average molecular weight is 450 g/mol. The Hall–Kier alpha value is -2.29. The van der Waals surface area contributed by atoms with Crippen LogP contribution in [-0.2, 0) is 0 Å². The van der Waals surface area contributed by atoms with Gasteiger partial charge in [0.1, 0.15) is 12.1 Å². The third kappa shape index (κ3) is 4.57. The first-order valence-corrected chi connectivity index (χ1v) is 9.41. The summed E-state index contributed by atoms with van der Waals surface area (Å²) in [5, 5.41) is 23.1. The van der Waals surface area contributed by atoms with Gasteiger partial charge in [-0.1, -0.05) is 58.5 Å². The highest BCUT2D eigenvalue weighted by atomic mass is 35.5. The maximum absolute atomic E-state index is 12.8. The summed E-state index contributed by atoms with van der Waals surface area (Å²) in [6.45, 7) is 0. The Morgan fingerprint density at radius 1 is 0.964 bits per heavy atom. The van der Waals surface area contributed by atoms with Crippen LogP contribution in [-0.4, -0.2) is 10.9 Å². The van der Waals surface area contributed by atoms with E-state index in [1.54, 1.807) is 30.3 Å². The molecule has 1 atom stereocenters. The number of hydrogen-bond acceptors (Lipinski definition) is 4. The molecule has 2 aromatic carbocycles. The number of rotatable bonds is 4. The Morgan fingerprint density at radius 3 is 2.36 bits per heavy atom. The van der Waals surface area contributed by atoms with E-state index in [0.29, 0.717) is 26.3 Å². The van der Waals surface area contributed by atoms with Gasteiger partial charge in [-0.2, -0.15) is 5.26 Å². The third-order valence-corrected chi connectivity index (χ3v) is 5.15. The number of nitrogens with zero attached hydrogens (tertiary/aromatic N) is 3. The minimum absolute atomic E-state index is 0.180. The van der Waals surface area contributed by atoms with E-state index in [-0.39, 0.29) is 16.1 Å². The summed E-state index contributed by atoms with van der Waals surface area (Å²) >= 11 is 24.1. The van der Waals surface area contributed by atoms with Crippen LogP contribution in [0.2, 0.25) is 20.1 Å². The molecule has 0 fully saturated rings. The van der Waals surface area contributed by atoms with E-state index in [0.717, 1.165) is 0 Å². The number of aromatic nitrogens is 1. The van der Waals surface area contributed by atoms with Crippen molar-refractivity contribution in [3.05, 3.63) is 97.2 Å². The Balaban J connectivity index is 2.09. The molecule has 0 aliphatic carbocycles. The van der Waals surface area contributed by atoms with Gasteiger partial charge in [-0.25, -0.2) is 0 Å². The number of hydrogen-bond donors (Lipinski definition) is 0. The Labute approximate surface area is 181 Å². The second-order valence-electron chi connectivity index (χ2n) is 5.72. The smallest absolute Gasteiger partial charge is 0.116 e. The molecule has 0 N–H and O–H groups in total. The van der Waals surface area contributed by atoms with E-state index in [4.69, 9.17) is 51.7 Å². The van der Waals surface area contributed by atoms with Gasteiger partial charge in [0.15, 0.2) is 0 Å². The summed E-state index contributed by atoms with van der Waals surface area (Å²) in [6, 6.07) is 13.9. The molecule has 8 heteroatoms. The SMILES string of the molecule is N#Cc1ccc(C([O-])=NC(c2ccc(Cl)c(Cl)c2)c2ccc(Cl)cn2)cc1Cl. The maximum atomic E-state index is 12.8. The highest BCUT2D eigenvalue weighted by molar-refractivity contribution is 6.42. The number of halogens is 4. The van der Waals surface area contributed by atoms with Gasteiger partial charge in [0.2, 0.25) is 0 Å². The van der Waals surface area contributed by atoms with Crippen molar-refractivity contribution in [3.63, 3.8) is 0 Å². The van der Waals surface area contributed by atoms with Crippen LogP contribution in [0.5, 0.6) is 0 Å². The molecule has 1 aromatic heterocycles. The fourth-order valence-corrected chi connectivity index (χ4v) is 3.11. The van der Waals surface area contributed by atoms with Crippen LogP contribution in [0.3, 0.4) is 0 Å². The van der Waals surface area contributed by atoms with E-state index in [2.05, 4.69) is 9.98 Å². The van der Waals surface area contributed by atoms with Gasteiger partial charge >= 0.3 is 0 Å². The summed E-state index contributed by atoms with van der Waals surface area (Å²) < 4.78 is 0. The first-order chi connectivity index (χ1) is 13.4. The van der Waals surface area contributed by atoms with Gasteiger partial charge in [-0.05, 0) is 53.4 Å². The first-order valence-electron chi connectivity index (χ1n) is 7.90. The maximum Gasteiger partial charge on any atom is 0.116 e. The monoisotopic (exact) mass is 448 g/mol. The van der Waals surface area contributed by atoms with Crippen molar-refractivity contribution < 1.29 is 5.11 Å². The van der Waals surface area contributed by atoms with Crippen LogP contribution in [0.1, 0.15) is 28.4 Å². The number of pyridine rings is 1. The van der Waals surface area contributed by atoms with Crippen molar-refractivity contribution in [2.24, 2.45) is 4.99 Å². The summed E-state index contributed by atoms with van der Waals surface area (Å²) in [6.07, 6.45) is 1.47. The minimum Gasteiger partial charge on any atom is -0.858 e. The molecule has 3 rings (SSSR count). The molecule has 0 aliphatic heterocycles. The Morgan fingerprint density at radius 2 is 1.75 bits per heavy atom. The molecule has 0 bridgehead atoms. The van der Waals surface area contributed by atoms with Gasteiger partial charge < -0.3 is 5.11 Å². The molecular weight excluding hydrogens is 440 g/mol. The van der Waals surface area contributed by atoms with Crippen molar-refractivity contribution in [1.82, 2.24) is 4.98 Å². The largest absolute Gasteiger partial charge is 0.858 e. The van der Waals surface area contributed by atoms with Crippen LogP contribution >= 0.6 is 46.4 Å². The van der Waals surface area contributed by atoms with E-state index in [1.807, 2.05) is 6.07 Å². The predicted octanol–water partition coefficient (Wildman–Crippen LogP) is 5.46. The zero-order chi connectivity index (χ0) is 20.3. The number of benzene rings is 2. The molecule has 0 aliphatic rings. The lowest BCUT2D eigenvalue weighted by atomic mass is 10.0. The fourth-order valence-electron chi connectivity index (χ4n) is 2.47. The van der Waals surface area contributed by atoms with Gasteiger partial charge in [0, 0.05) is 6.20 Å². The van der Waals surface area contributed by atoms with Crippen molar-refractivity contribution in [2.45, 2.75) is 6.04 Å². The van der Waals surface area contributed by atoms with E-state index in [9.17, 15) is 5.11 Å². The molecule has 0 spiro atoms. The molecule has 1 heterocycles. The van der Waals surface area contributed by atoms with Crippen LogP contribution in [0.15, 0.2) is 59.7 Å². The normalized spacial score (nSPS) is 12.5. The van der Waals surface area contributed by atoms with Gasteiger partial charge in [0.25, 0.3) is 0 Å². The number of nitriles is 1. The third-order valence-electron chi connectivity index (χ3n) is 3.87. The topological polar surface area (TPSA) is 72.1 Å². The molecular formula is C20H10Cl4N3O-. The molecule has 0 amide bonds. The molecule has 140 valence electrons. The summed E-state index contributed by atoms with van der Waals surface area (Å²) in [4.78, 5) is 8.57. The second kappa shape index (κ2) is 8.81. The van der Waals surface area contributed by atoms with Gasteiger partial charge in [0.05, 0.1) is 31.3 Å². The zero-order valence-electron chi connectivity index (χ0n) is 14.0. The summed E-state index contributed by atoms with van der Waals surface area (Å²) in [7, 11) is 0. The Bertz CT molecular complexity index is 1090. The first kappa shape index (κ1) is 20.4. The zero-order valence-corrected chi connectivity index (χ0v) is 17.1. The van der Waals surface area contributed by atoms with Crippen molar-refractivity contribution in [3.8, 4) is 6.07 Å². The minimum atomic E-state index is -0.728. The summed E-state index contributed by atoms with van der Waals surface area (Å²) in [5.74, 6) is -0.515. The van der Waals surface area contributed by atoms with Crippen molar-refractivity contribution in [1.29, 1.82) is 5.26 Å². The average Bonchev–Trinajstić information content (AvgIpc) is 2.69. The molecule has 0 saturated heterocycles. The fraction of sp³-hybridized carbons (Fsp3) is 0.0500. The van der Waals surface area contributed by atoms with Gasteiger partial charge in [-0.3, -0.25) is 9.98 Å². The highest BCUT2D eigenvalue weighted by Gasteiger charge is 2.16.